The van der Waals surface area contributed by atoms with Crippen molar-refractivity contribution in [2.45, 2.75) is 45.4 Å². The minimum Gasteiger partial charge on any atom is -0.376 e. The van der Waals surface area contributed by atoms with Crippen molar-refractivity contribution in [3.8, 4) is 0 Å². The van der Waals surface area contributed by atoms with E-state index in [1.165, 1.54) is 5.56 Å². The maximum Gasteiger partial charge on any atom is 0.223 e. The molecule has 4 N–H and O–H groups in total. The number of hydrogen-bond acceptors (Lipinski definition) is 4. The average molecular weight is 348 g/mol. The maximum atomic E-state index is 12.7. The van der Waals surface area contributed by atoms with Crippen molar-refractivity contribution >= 4 is 5.91 Å². The molecule has 0 radical (unpaired) electrons. The summed E-state index contributed by atoms with van der Waals surface area (Å²) in [6.45, 7) is 6.05. The molecule has 4 unspecified atom stereocenters. The summed E-state index contributed by atoms with van der Waals surface area (Å²) < 4.78 is 0. The molecule has 2 rings (SSSR count). The first kappa shape index (κ1) is 19.9. The molecule has 1 fully saturated rings. The van der Waals surface area contributed by atoms with Gasteiger partial charge in [-0.05, 0) is 56.8 Å². The third-order valence-corrected chi connectivity index (χ3v) is 5.46. The summed E-state index contributed by atoms with van der Waals surface area (Å²) in [6, 6.07) is 10.0. The Morgan fingerprint density at radius 2 is 2.04 bits per heavy atom. The molecule has 0 spiro atoms. The Bertz CT molecular complexity index is 523. The van der Waals surface area contributed by atoms with E-state index < -0.39 is 6.23 Å². The monoisotopic (exact) mass is 347 g/mol. The molecule has 5 atom stereocenters. The quantitative estimate of drug-likeness (QED) is 0.511. The molecule has 1 saturated heterocycles. The second kappa shape index (κ2) is 9.90. The van der Waals surface area contributed by atoms with Gasteiger partial charge < -0.3 is 15.7 Å². The van der Waals surface area contributed by atoms with Gasteiger partial charge in [-0.3, -0.25) is 10.1 Å². The normalized spacial score (nSPS) is 23.8. The summed E-state index contributed by atoms with van der Waals surface area (Å²) in [5.41, 5.74) is 1.28. The number of aliphatic hydroxyl groups is 1. The molecule has 1 aromatic rings. The zero-order valence-corrected chi connectivity index (χ0v) is 15.7. The molecule has 1 aliphatic heterocycles. The van der Waals surface area contributed by atoms with Crippen LogP contribution in [0, 0.1) is 17.8 Å². The van der Waals surface area contributed by atoms with Gasteiger partial charge in [-0.25, -0.2) is 0 Å². The first-order chi connectivity index (χ1) is 12.0. The average Bonchev–Trinajstić information content (AvgIpc) is 3.06. The molecule has 25 heavy (non-hydrogen) atoms. The fourth-order valence-corrected chi connectivity index (χ4v) is 3.69. The van der Waals surface area contributed by atoms with Crippen molar-refractivity contribution in [1.29, 1.82) is 0 Å². The van der Waals surface area contributed by atoms with Crippen LogP contribution in [0.15, 0.2) is 30.3 Å². The molecule has 1 heterocycles. The van der Waals surface area contributed by atoms with Crippen molar-refractivity contribution in [2.24, 2.45) is 17.8 Å². The lowest BCUT2D eigenvalue weighted by Gasteiger charge is -2.28. The topological polar surface area (TPSA) is 73.4 Å². The Morgan fingerprint density at radius 3 is 2.64 bits per heavy atom. The van der Waals surface area contributed by atoms with Crippen LogP contribution >= 0.6 is 0 Å². The van der Waals surface area contributed by atoms with E-state index >= 15 is 0 Å². The second-order valence-electron chi connectivity index (χ2n) is 7.31. The number of hydrogen-bond donors (Lipinski definition) is 4. The van der Waals surface area contributed by atoms with Crippen molar-refractivity contribution < 1.29 is 9.90 Å². The van der Waals surface area contributed by atoms with Crippen LogP contribution in [0.4, 0.5) is 0 Å². The highest BCUT2D eigenvalue weighted by Gasteiger charge is 2.33. The molecule has 1 aromatic carbocycles. The van der Waals surface area contributed by atoms with Crippen LogP contribution in [0.5, 0.6) is 0 Å². The van der Waals surface area contributed by atoms with Gasteiger partial charge in [0.05, 0.1) is 6.04 Å². The summed E-state index contributed by atoms with van der Waals surface area (Å²) in [5.74, 6) is 0.855. The predicted molar refractivity (Wildman–Crippen MR) is 101 cm³/mol. The number of amides is 1. The van der Waals surface area contributed by atoms with E-state index in [1.807, 2.05) is 25.1 Å². The van der Waals surface area contributed by atoms with Crippen LogP contribution in [0.3, 0.4) is 0 Å². The predicted octanol–water partition coefficient (Wildman–Crippen LogP) is 1.52. The van der Waals surface area contributed by atoms with Gasteiger partial charge in [0.1, 0.15) is 6.23 Å². The van der Waals surface area contributed by atoms with Crippen LogP contribution in [0.25, 0.3) is 0 Å². The van der Waals surface area contributed by atoms with E-state index in [9.17, 15) is 9.90 Å². The number of rotatable bonds is 9. The number of aliphatic hydroxyl groups excluding tert-OH is 1. The lowest BCUT2D eigenvalue weighted by atomic mass is 9.85. The maximum absolute atomic E-state index is 12.7. The second-order valence-corrected chi connectivity index (χ2v) is 7.31. The third-order valence-electron chi connectivity index (χ3n) is 5.46. The van der Waals surface area contributed by atoms with Crippen molar-refractivity contribution in [2.75, 3.05) is 20.1 Å². The van der Waals surface area contributed by atoms with E-state index in [2.05, 4.69) is 35.0 Å². The molecule has 0 aliphatic carbocycles. The smallest absolute Gasteiger partial charge is 0.223 e. The molecular weight excluding hydrogens is 314 g/mol. The molecule has 140 valence electrons. The van der Waals surface area contributed by atoms with Crippen molar-refractivity contribution in [3.05, 3.63) is 35.9 Å². The first-order valence-electron chi connectivity index (χ1n) is 9.43. The third kappa shape index (κ3) is 5.80. The molecule has 0 bridgehead atoms. The van der Waals surface area contributed by atoms with Gasteiger partial charge in [-0.1, -0.05) is 44.2 Å². The minimum atomic E-state index is -0.731. The summed E-state index contributed by atoms with van der Waals surface area (Å²) in [7, 11) is 1.72. The molecule has 1 amide bonds. The van der Waals surface area contributed by atoms with Crippen molar-refractivity contribution in [1.82, 2.24) is 16.0 Å². The van der Waals surface area contributed by atoms with E-state index in [0.717, 1.165) is 32.4 Å². The van der Waals surface area contributed by atoms with Gasteiger partial charge >= 0.3 is 0 Å². The van der Waals surface area contributed by atoms with Crippen LogP contribution in [0.2, 0.25) is 0 Å². The molecular formula is C20H33N3O2. The Morgan fingerprint density at radius 1 is 1.32 bits per heavy atom. The number of aryl methyl sites for hydroxylation is 1. The van der Waals surface area contributed by atoms with Crippen molar-refractivity contribution in [3.63, 3.8) is 0 Å². The fourth-order valence-electron chi connectivity index (χ4n) is 3.69. The van der Waals surface area contributed by atoms with Gasteiger partial charge in [0, 0.05) is 5.92 Å². The molecule has 5 heteroatoms. The highest BCUT2D eigenvalue weighted by molar-refractivity contribution is 5.79. The van der Waals surface area contributed by atoms with Crippen LogP contribution in [-0.2, 0) is 11.2 Å². The van der Waals surface area contributed by atoms with Gasteiger partial charge in [0.2, 0.25) is 5.91 Å². The Labute approximate surface area is 151 Å². The molecule has 0 aromatic heterocycles. The summed E-state index contributed by atoms with van der Waals surface area (Å²) in [5, 5.41) is 19.5. The van der Waals surface area contributed by atoms with Gasteiger partial charge in [-0.2, -0.15) is 0 Å². The molecule has 5 nitrogen and oxygen atoms in total. The first-order valence-corrected chi connectivity index (χ1v) is 9.43. The Kier molecular flexibility index (Phi) is 7.88. The molecule has 1 aliphatic rings. The standard InChI is InChI=1S/C20H33N3O2/c1-14-12-22-13-17(14)15(2)19(24)23-18(20(25)21-3)11-7-10-16-8-5-4-6-9-16/h4-6,8-9,14-15,17-18,20-22,25H,7,10-13H2,1-3H3,(H,23,24)/t14?,15?,17?,18-,20?/m0/s1. The number of likely N-dealkylation sites (N-methyl/N-ethyl adjacent to an activating group) is 1. The number of carbonyl (C=O) groups excluding carboxylic acids is 1. The van der Waals surface area contributed by atoms with Gasteiger partial charge in [0.15, 0.2) is 0 Å². The van der Waals surface area contributed by atoms with Crippen LogP contribution in [-0.4, -0.2) is 43.4 Å². The number of benzene rings is 1. The van der Waals surface area contributed by atoms with Gasteiger partial charge in [0.25, 0.3) is 0 Å². The number of nitrogens with one attached hydrogen (secondary N) is 3. The highest BCUT2D eigenvalue weighted by Crippen LogP contribution is 2.24. The van der Waals surface area contributed by atoms with E-state index in [-0.39, 0.29) is 17.9 Å². The SMILES string of the molecule is CNC(O)[C@H](CCCc1ccccc1)NC(=O)C(C)C1CNCC1C. The summed E-state index contributed by atoms with van der Waals surface area (Å²) in [6.07, 6.45) is 1.88. The summed E-state index contributed by atoms with van der Waals surface area (Å²) in [4.78, 5) is 12.7. The van der Waals surface area contributed by atoms with E-state index in [4.69, 9.17) is 0 Å². The molecule has 0 saturated carbocycles. The fraction of sp³-hybridized carbons (Fsp3) is 0.650. The largest absolute Gasteiger partial charge is 0.376 e. The van der Waals surface area contributed by atoms with Crippen LogP contribution < -0.4 is 16.0 Å². The number of carbonyl (C=O) groups is 1. The van der Waals surface area contributed by atoms with E-state index in [1.54, 1.807) is 7.05 Å². The van der Waals surface area contributed by atoms with Gasteiger partial charge in [-0.15, -0.1) is 0 Å². The lowest BCUT2D eigenvalue weighted by molar-refractivity contribution is -0.128. The van der Waals surface area contributed by atoms with Crippen LogP contribution in [0.1, 0.15) is 32.3 Å². The van der Waals surface area contributed by atoms with E-state index in [0.29, 0.717) is 11.8 Å². The highest BCUT2D eigenvalue weighted by atomic mass is 16.3. The summed E-state index contributed by atoms with van der Waals surface area (Å²) >= 11 is 0. The Hall–Kier alpha value is -1.43. The zero-order valence-electron chi connectivity index (χ0n) is 15.7. The Balaban J connectivity index is 1.87. The lowest BCUT2D eigenvalue weighted by Crippen LogP contribution is -2.51. The minimum absolute atomic E-state index is 0.0413. The zero-order chi connectivity index (χ0) is 18.2.